The molecule has 0 spiro atoms. The first-order valence-electron chi connectivity index (χ1n) is 6.47. The van der Waals surface area contributed by atoms with Gasteiger partial charge in [0.1, 0.15) is 5.92 Å². The van der Waals surface area contributed by atoms with Gasteiger partial charge in [-0.1, -0.05) is 5.16 Å². The fraction of sp³-hybridized carbons (Fsp3) is 0.429. The Hall–Kier alpha value is -2.24. The van der Waals surface area contributed by atoms with Gasteiger partial charge < -0.3 is 9.26 Å². The van der Waals surface area contributed by atoms with Crippen LogP contribution in [0.15, 0.2) is 16.7 Å². The Balaban J connectivity index is 2.26. The minimum atomic E-state index is -0.569. The molecule has 20 heavy (non-hydrogen) atoms. The lowest BCUT2D eigenvalue weighted by molar-refractivity contribution is -0.145. The maximum Gasteiger partial charge on any atom is 0.318 e. The van der Waals surface area contributed by atoms with Crippen molar-refractivity contribution in [3.8, 4) is 11.4 Å². The second kappa shape index (κ2) is 5.81. The summed E-state index contributed by atoms with van der Waals surface area (Å²) in [5.74, 6) is -0.236. The molecule has 1 atom stereocenters. The molecule has 0 saturated heterocycles. The number of pyridine rings is 1. The summed E-state index contributed by atoms with van der Waals surface area (Å²) in [6, 6.07) is 3.74. The molecule has 0 radical (unpaired) electrons. The van der Waals surface area contributed by atoms with Crippen LogP contribution in [-0.4, -0.2) is 27.7 Å². The molecule has 0 amide bonds. The van der Waals surface area contributed by atoms with Crippen molar-refractivity contribution >= 4 is 5.97 Å². The summed E-state index contributed by atoms with van der Waals surface area (Å²) in [6.07, 6.45) is 0. The lowest BCUT2D eigenvalue weighted by Crippen LogP contribution is -2.13. The molecule has 0 aromatic carbocycles. The third-order valence-electron chi connectivity index (χ3n) is 2.79. The van der Waals surface area contributed by atoms with Crippen molar-refractivity contribution in [3.63, 3.8) is 0 Å². The minimum Gasteiger partial charge on any atom is -0.465 e. The summed E-state index contributed by atoms with van der Waals surface area (Å²) in [6.45, 7) is 7.56. The number of carbonyl (C=O) groups excluding carboxylic acids is 1. The lowest BCUT2D eigenvalue weighted by Gasteiger charge is -2.04. The molecule has 2 aromatic heterocycles. The molecule has 2 heterocycles. The number of rotatable bonds is 4. The van der Waals surface area contributed by atoms with Gasteiger partial charge in [0.15, 0.2) is 0 Å². The molecule has 0 N–H and O–H groups in total. The van der Waals surface area contributed by atoms with Gasteiger partial charge in [-0.15, -0.1) is 0 Å². The Morgan fingerprint density at radius 1 is 1.30 bits per heavy atom. The Bertz CT molecular complexity index is 602. The normalized spacial score (nSPS) is 12.2. The smallest absolute Gasteiger partial charge is 0.318 e. The Morgan fingerprint density at radius 3 is 2.55 bits per heavy atom. The molecule has 106 valence electrons. The van der Waals surface area contributed by atoms with Crippen molar-refractivity contribution in [2.45, 2.75) is 33.6 Å². The van der Waals surface area contributed by atoms with Gasteiger partial charge in [0.2, 0.25) is 11.7 Å². The van der Waals surface area contributed by atoms with Gasteiger partial charge in [-0.05, 0) is 39.8 Å². The fourth-order valence-electron chi connectivity index (χ4n) is 1.86. The predicted octanol–water partition coefficient (Wildman–Crippen LogP) is 2.42. The van der Waals surface area contributed by atoms with Crippen molar-refractivity contribution in [3.05, 3.63) is 29.4 Å². The standard InChI is InChI=1S/C14H17N3O3/c1-5-19-14(18)10(4)13-16-12(17-20-13)11-6-8(2)15-9(3)7-11/h6-7,10H,5H2,1-4H3. The van der Waals surface area contributed by atoms with Crippen LogP contribution in [0.25, 0.3) is 11.4 Å². The molecule has 0 saturated carbocycles. The molecule has 0 aliphatic rings. The molecule has 0 bridgehead atoms. The van der Waals surface area contributed by atoms with Gasteiger partial charge in [0, 0.05) is 17.0 Å². The van der Waals surface area contributed by atoms with Crippen LogP contribution < -0.4 is 0 Å². The van der Waals surface area contributed by atoms with E-state index in [1.54, 1.807) is 13.8 Å². The van der Waals surface area contributed by atoms with Crippen LogP contribution in [0.5, 0.6) is 0 Å². The zero-order valence-corrected chi connectivity index (χ0v) is 12.0. The topological polar surface area (TPSA) is 78.1 Å². The Labute approximate surface area is 117 Å². The van der Waals surface area contributed by atoms with Crippen LogP contribution in [0.4, 0.5) is 0 Å². The van der Waals surface area contributed by atoms with E-state index >= 15 is 0 Å². The van der Waals surface area contributed by atoms with Gasteiger partial charge in [0.25, 0.3) is 0 Å². The highest BCUT2D eigenvalue weighted by molar-refractivity contribution is 5.76. The predicted molar refractivity (Wildman–Crippen MR) is 72.1 cm³/mol. The maximum absolute atomic E-state index is 11.6. The minimum absolute atomic E-state index is 0.255. The third-order valence-corrected chi connectivity index (χ3v) is 2.79. The first kappa shape index (κ1) is 14.2. The number of aromatic nitrogens is 3. The van der Waals surface area contributed by atoms with E-state index in [1.807, 2.05) is 26.0 Å². The number of hydrogen-bond donors (Lipinski definition) is 0. The summed E-state index contributed by atoms with van der Waals surface area (Å²) >= 11 is 0. The highest BCUT2D eigenvalue weighted by Crippen LogP contribution is 2.21. The molecule has 2 rings (SSSR count). The molecule has 0 fully saturated rings. The quantitative estimate of drug-likeness (QED) is 0.797. The van der Waals surface area contributed by atoms with Gasteiger partial charge >= 0.3 is 5.97 Å². The van der Waals surface area contributed by atoms with E-state index in [2.05, 4.69) is 15.1 Å². The third kappa shape index (κ3) is 3.01. The van der Waals surface area contributed by atoms with E-state index in [-0.39, 0.29) is 11.9 Å². The van der Waals surface area contributed by atoms with Crippen molar-refractivity contribution < 1.29 is 14.1 Å². The van der Waals surface area contributed by atoms with Gasteiger partial charge in [-0.2, -0.15) is 4.98 Å². The molecule has 2 aromatic rings. The van der Waals surface area contributed by atoms with Crippen LogP contribution in [0, 0.1) is 13.8 Å². The van der Waals surface area contributed by atoms with Crippen LogP contribution in [-0.2, 0) is 9.53 Å². The van der Waals surface area contributed by atoms with E-state index < -0.39 is 5.92 Å². The second-order valence-electron chi connectivity index (χ2n) is 4.57. The number of hydrogen-bond acceptors (Lipinski definition) is 6. The lowest BCUT2D eigenvalue weighted by atomic mass is 10.1. The summed E-state index contributed by atoms with van der Waals surface area (Å²) in [5.41, 5.74) is 2.58. The van der Waals surface area contributed by atoms with E-state index in [0.29, 0.717) is 12.4 Å². The van der Waals surface area contributed by atoms with E-state index in [9.17, 15) is 4.79 Å². The molecular formula is C14H17N3O3. The van der Waals surface area contributed by atoms with Crippen molar-refractivity contribution in [1.82, 2.24) is 15.1 Å². The monoisotopic (exact) mass is 275 g/mol. The molecule has 1 unspecified atom stereocenters. The SMILES string of the molecule is CCOC(=O)C(C)c1nc(-c2cc(C)nc(C)c2)no1. The number of carbonyl (C=O) groups is 1. The Morgan fingerprint density at radius 2 is 1.95 bits per heavy atom. The zero-order valence-electron chi connectivity index (χ0n) is 12.0. The average molecular weight is 275 g/mol. The molecule has 0 aliphatic carbocycles. The van der Waals surface area contributed by atoms with Gasteiger partial charge in [-0.25, -0.2) is 0 Å². The average Bonchev–Trinajstić information content (AvgIpc) is 2.86. The van der Waals surface area contributed by atoms with E-state index in [1.165, 1.54) is 0 Å². The van der Waals surface area contributed by atoms with E-state index in [0.717, 1.165) is 17.0 Å². The highest BCUT2D eigenvalue weighted by atomic mass is 16.5. The number of ether oxygens (including phenoxy) is 1. The van der Waals surface area contributed by atoms with Crippen molar-refractivity contribution in [2.24, 2.45) is 0 Å². The Kier molecular flexibility index (Phi) is 4.12. The molecule has 6 heteroatoms. The number of nitrogens with zero attached hydrogens (tertiary/aromatic N) is 3. The summed E-state index contributed by atoms with van der Waals surface area (Å²) < 4.78 is 10.1. The fourth-order valence-corrected chi connectivity index (χ4v) is 1.86. The largest absolute Gasteiger partial charge is 0.465 e. The summed E-state index contributed by atoms with van der Waals surface area (Å²) in [7, 11) is 0. The number of esters is 1. The van der Waals surface area contributed by atoms with Crippen LogP contribution in [0.2, 0.25) is 0 Å². The van der Waals surface area contributed by atoms with Gasteiger partial charge in [-0.3, -0.25) is 9.78 Å². The van der Waals surface area contributed by atoms with Crippen LogP contribution >= 0.6 is 0 Å². The first-order valence-corrected chi connectivity index (χ1v) is 6.47. The summed E-state index contributed by atoms with van der Waals surface area (Å²) in [5, 5.41) is 3.91. The zero-order chi connectivity index (χ0) is 14.7. The second-order valence-corrected chi connectivity index (χ2v) is 4.57. The maximum atomic E-state index is 11.6. The highest BCUT2D eigenvalue weighted by Gasteiger charge is 2.23. The van der Waals surface area contributed by atoms with Crippen LogP contribution in [0.1, 0.15) is 37.0 Å². The number of aryl methyl sites for hydroxylation is 2. The van der Waals surface area contributed by atoms with E-state index in [4.69, 9.17) is 9.26 Å². The van der Waals surface area contributed by atoms with Crippen molar-refractivity contribution in [2.75, 3.05) is 6.61 Å². The summed E-state index contributed by atoms with van der Waals surface area (Å²) in [4.78, 5) is 20.2. The molecule has 0 aliphatic heterocycles. The van der Waals surface area contributed by atoms with Gasteiger partial charge in [0.05, 0.1) is 6.61 Å². The molecule has 6 nitrogen and oxygen atoms in total. The first-order chi connectivity index (χ1) is 9.51. The molecular weight excluding hydrogens is 258 g/mol. The van der Waals surface area contributed by atoms with Crippen molar-refractivity contribution in [1.29, 1.82) is 0 Å². The van der Waals surface area contributed by atoms with Crippen LogP contribution in [0.3, 0.4) is 0 Å².